The van der Waals surface area contributed by atoms with Crippen LogP contribution in [-0.4, -0.2) is 21.9 Å². The maximum absolute atomic E-state index is 13.9. The Balaban J connectivity index is 1.87. The van der Waals surface area contributed by atoms with Gasteiger partial charge in [-0.3, -0.25) is 5.01 Å². The van der Waals surface area contributed by atoms with Gasteiger partial charge in [0, 0.05) is 0 Å². The zero-order chi connectivity index (χ0) is 17.8. The molecule has 132 valence electrons. The number of imidazole rings is 1. The van der Waals surface area contributed by atoms with E-state index in [9.17, 15) is 17.6 Å². The summed E-state index contributed by atoms with van der Waals surface area (Å²) >= 11 is 0. The first-order chi connectivity index (χ1) is 11.9. The molecule has 1 aliphatic carbocycles. The maximum atomic E-state index is 13.9. The fourth-order valence-electron chi connectivity index (χ4n) is 3.58. The van der Waals surface area contributed by atoms with E-state index in [0.29, 0.717) is 24.1 Å². The van der Waals surface area contributed by atoms with E-state index in [1.807, 2.05) is 6.92 Å². The van der Waals surface area contributed by atoms with Gasteiger partial charge in [0.05, 0.1) is 17.9 Å². The molecular formula is C18H17F4N3. The predicted octanol–water partition coefficient (Wildman–Crippen LogP) is 4.46. The van der Waals surface area contributed by atoms with E-state index in [1.165, 1.54) is 34.2 Å². The van der Waals surface area contributed by atoms with Crippen molar-refractivity contribution in [2.75, 3.05) is 5.01 Å². The fourth-order valence-corrected chi connectivity index (χ4v) is 3.58. The van der Waals surface area contributed by atoms with E-state index in [4.69, 9.17) is 0 Å². The molecule has 1 aromatic carbocycles. The van der Waals surface area contributed by atoms with E-state index < -0.39 is 30.0 Å². The van der Waals surface area contributed by atoms with Crippen molar-refractivity contribution in [2.24, 2.45) is 5.92 Å². The van der Waals surface area contributed by atoms with E-state index in [-0.39, 0.29) is 0 Å². The van der Waals surface area contributed by atoms with Gasteiger partial charge in [-0.15, -0.1) is 0 Å². The van der Waals surface area contributed by atoms with Gasteiger partial charge in [0.15, 0.2) is 0 Å². The highest BCUT2D eigenvalue weighted by atomic mass is 19.4. The highest BCUT2D eigenvalue weighted by molar-refractivity contribution is 5.64. The van der Waals surface area contributed by atoms with Crippen molar-refractivity contribution in [1.29, 1.82) is 0 Å². The average Bonchev–Trinajstić information content (AvgIpc) is 3.22. The van der Waals surface area contributed by atoms with Crippen molar-refractivity contribution < 1.29 is 17.6 Å². The molecule has 0 saturated heterocycles. The number of allylic oxidation sites excluding steroid dienone is 1. The van der Waals surface area contributed by atoms with Crippen molar-refractivity contribution >= 4 is 5.57 Å². The average molecular weight is 351 g/mol. The van der Waals surface area contributed by atoms with Gasteiger partial charge < -0.3 is 0 Å². The Hall–Kier alpha value is -2.31. The van der Waals surface area contributed by atoms with Crippen molar-refractivity contribution in [1.82, 2.24) is 9.66 Å². The number of alkyl halides is 3. The molecule has 25 heavy (non-hydrogen) atoms. The number of benzene rings is 1. The zero-order valence-corrected chi connectivity index (χ0v) is 13.5. The lowest BCUT2D eigenvalue weighted by atomic mass is 9.98. The van der Waals surface area contributed by atoms with Crippen LogP contribution in [0.25, 0.3) is 5.57 Å². The molecule has 3 nitrogen and oxygen atoms in total. The first kappa shape index (κ1) is 16.2. The van der Waals surface area contributed by atoms with Gasteiger partial charge in [0.25, 0.3) is 0 Å². The fraction of sp³-hybridized carbons (Fsp3) is 0.389. The van der Waals surface area contributed by atoms with E-state index in [1.54, 1.807) is 18.3 Å². The molecule has 1 saturated carbocycles. The normalized spacial score (nSPS) is 21.7. The van der Waals surface area contributed by atoms with Crippen LogP contribution in [0.15, 0.2) is 42.9 Å². The van der Waals surface area contributed by atoms with Crippen LogP contribution in [0.2, 0.25) is 0 Å². The van der Waals surface area contributed by atoms with Crippen LogP contribution in [0.5, 0.6) is 0 Å². The van der Waals surface area contributed by atoms with Gasteiger partial charge in [-0.2, -0.15) is 13.2 Å². The quantitative estimate of drug-likeness (QED) is 0.762. The molecule has 1 aliphatic heterocycles. The monoisotopic (exact) mass is 351 g/mol. The predicted molar refractivity (Wildman–Crippen MR) is 85.8 cm³/mol. The summed E-state index contributed by atoms with van der Waals surface area (Å²) in [6, 6.07) is 3.44. The molecule has 2 heterocycles. The molecular weight excluding hydrogens is 334 g/mol. The number of rotatable bonds is 3. The van der Waals surface area contributed by atoms with Crippen molar-refractivity contribution in [3.63, 3.8) is 0 Å². The van der Waals surface area contributed by atoms with Crippen molar-refractivity contribution in [3.8, 4) is 0 Å². The van der Waals surface area contributed by atoms with Crippen LogP contribution in [0.3, 0.4) is 0 Å². The number of aromatic nitrogens is 2. The Morgan fingerprint density at radius 1 is 1.24 bits per heavy atom. The SMILES string of the molecule is CC1=C[C@H](c2cccc(F)c2)N(C(C2CC2)C(F)(F)F)n2cncc21. The number of hydrogen-bond donors (Lipinski definition) is 0. The Bertz CT molecular complexity index is 820. The van der Waals surface area contributed by atoms with Gasteiger partial charge >= 0.3 is 6.18 Å². The highest BCUT2D eigenvalue weighted by Gasteiger charge is 2.54. The number of nitrogens with zero attached hydrogens (tertiary/aromatic N) is 3. The molecule has 2 atom stereocenters. The minimum atomic E-state index is -4.38. The zero-order valence-electron chi connectivity index (χ0n) is 13.5. The largest absolute Gasteiger partial charge is 0.410 e. The number of hydrogen-bond acceptors (Lipinski definition) is 2. The van der Waals surface area contributed by atoms with E-state index >= 15 is 0 Å². The van der Waals surface area contributed by atoms with Gasteiger partial charge in [-0.25, -0.2) is 14.1 Å². The molecule has 1 unspecified atom stereocenters. The molecule has 0 radical (unpaired) electrons. The standard InChI is InChI=1S/C18H17F4N3/c1-11-7-15(13-3-2-4-14(19)8-13)25(24-10-23-9-16(11)24)17(12-5-6-12)18(20,21)22/h2-4,7-10,12,15,17H,5-6H2,1H3/t15-,17?/m1/s1. The van der Waals surface area contributed by atoms with Crippen LogP contribution in [0.4, 0.5) is 17.6 Å². The van der Waals surface area contributed by atoms with Crippen LogP contribution in [-0.2, 0) is 0 Å². The third-order valence-electron chi connectivity index (χ3n) is 4.84. The third kappa shape index (κ3) is 2.81. The first-order valence-electron chi connectivity index (χ1n) is 8.18. The lowest BCUT2D eigenvalue weighted by molar-refractivity contribution is -0.158. The minimum absolute atomic E-state index is 0.446. The molecule has 2 aliphatic rings. The second-order valence-corrected chi connectivity index (χ2v) is 6.68. The van der Waals surface area contributed by atoms with Crippen molar-refractivity contribution in [3.05, 3.63) is 59.9 Å². The lowest BCUT2D eigenvalue weighted by Crippen LogP contribution is -2.55. The smallest absolute Gasteiger partial charge is 0.287 e. The summed E-state index contributed by atoms with van der Waals surface area (Å²) in [5.74, 6) is -0.909. The second kappa shape index (κ2) is 5.61. The Morgan fingerprint density at radius 2 is 2.00 bits per heavy atom. The van der Waals surface area contributed by atoms with Crippen LogP contribution in [0.1, 0.15) is 37.1 Å². The van der Waals surface area contributed by atoms with Gasteiger partial charge in [-0.1, -0.05) is 18.2 Å². The number of fused-ring (bicyclic) bond motifs is 1. The van der Waals surface area contributed by atoms with Crippen molar-refractivity contribution in [2.45, 2.75) is 38.0 Å². The van der Waals surface area contributed by atoms with Crippen LogP contribution in [0, 0.1) is 11.7 Å². The lowest BCUT2D eigenvalue weighted by Gasteiger charge is -2.43. The summed E-state index contributed by atoms with van der Waals surface area (Å²) in [6.45, 7) is 1.83. The summed E-state index contributed by atoms with van der Waals surface area (Å²) in [4.78, 5) is 4.03. The van der Waals surface area contributed by atoms with Crippen LogP contribution < -0.4 is 5.01 Å². The van der Waals surface area contributed by atoms with E-state index in [0.717, 1.165) is 5.57 Å². The molecule has 1 fully saturated rings. The van der Waals surface area contributed by atoms with Gasteiger partial charge in [0.2, 0.25) is 0 Å². The topological polar surface area (TPSA) is 21.1 Å². The summed E-state index contributed by atoms with van der Waals surface area (Å²) < 4.78 is 56.9. The second-order valence-electron chi connectivity index (χ2n) is 6.68. The molecule has 0 bridgehead atoms. The molecule has 1 aromatic heterocycles. The molecule has 7 heteroatoms. The minimum Gasteiger partial charge on any atom is -0.287 e. The van der Waals surface area contributed by atoms with Crippen LogP contribution >= 0.6 is 0 Å². The highest BCUT2D eigenvalue weighted by Crippen LogP contribution is 2.46. The Morgan fingerprint density at radius 3 is 2.64 bits per heavy atom. The summed E-state index contributed by atoms with van der Waals surface area (Å²) in [7, 11) is 0. The maximum Gasteiger partial charge on any atom is 0.410 e. The van der Waals surface area contributed by atoms with E-state index in [2.05, 4.69) is 4.98 Å². The Labute approximate surface area is 142 Å². The molecule has 0 spiro atoms. The summed E-state index contributed by atoms with van der Waals surface area (Å²) in [6.07, 6.45) is 1.42. The third-order valence-corrected chi connectivity index (χ3v) is 4.84. The Kier molecular flexibility index (Phi) is 3.63. The number of halogens is 4. The van der Waals surface area contributed by atoms with Gasteiger partial charge in [0.1, 0.15) is 18.2 Å². The molecule has 0 amide bonds. The molecule has 2 aromatic rings. The molecule has 4 rings (SSSR count). The molecule has 0 N–H and O–H groups in total. The first-order valence-corrected chi connectivity index (χ1v) is 8.18. The summed E-state index contributed by atoms with van der Waals surface area (Å²) in [5, 5.41) is 1.31. The summed E-state index contributed by atoms with van der Waals surface area (Å²) in [5.41, 5.74) is 1.94. The van der Waals surface area contributed by atoms with Gasteiger partial charge in [-0.05, 0) is 49.0 Å².